The third-order valence-electron chi connectivity index (χ3n) is 3.70. The van der Waals surface area contributed by atoms with Crippen LogP contribution in [0.25, 0.3) is 6.08 Å². The molecule has 0 spiro atoms. The zero-order valence-corrected chi connectivity index (χ0v) is 14.9. The Morgan fingerprint density at radius 2 is 1.36 bits per heavy atom. The quantitative estimate of drug-likeness (QED) is 0.542. The number of amides is 3. The van der Waals surface area contributed by atoms with Crippen LogP contribution in [-0.2, 0) is 4.79 Å². The van der Waals surface area contributed by atoms with E-state index < -0.39 is 0 Å². The molecule has 140 valence electrons. The summed E-state index contributed by atoms with van der Waals surface area (Å²) in [5, 5.41) is 8.12. The van der Waals surface area contributed by atoms with E-state index in [4.69, 9.17) is 0 Å². The van der Waals surface area contributed by atoms with Gasteiger partial charge in [0.15, 0.2) is 0 Å². The normalized spacial score (nSPS) is 10.5. The summed E-state index contributed by atoms with van der Waals surface area (Å²) in [5.74, 6) is -0.731. The molecule has 0 aliphatic heterocycles. The Balaban J connectivity index is 1.58. The molecule has 3 aromatic rings. The molecule has 0 aliphatic carbocycles. The van der Waals surface area contributed by atoms with Gasteiger partial charge >= 0.3 is 6.03 Å². The summed E-state index contributed by atoms with van der Waals surface area (Å²) in [6.07, 6.45) is 2.84. The highest BCUT2D eigenvalue weighted by Gasteiger charge is 2.04. The molecule has 3 rings (SSSR count). The predicted molar refractivity (Wildman–Crippen MR) is 110 cm³/mol. The van der Waals surface area contributed by atoms with Crippen LogP contribution >= 0.6 is 0 Å². The van der Waals surface area contributed by atoms with Crippen LogP contribution in [0.5, 0.6) is 0 Å². The molecule has 6 heteroatoms. The maximum absolute atomic E-state index is 13.2. The van der Waals surface area contributed by atoms with Crippen molar-refractivity contribution >= 4 is 35.1 Å². The van der Waals surface area contributed by atoms with Crippen molar-refractivity contribution in [2.75, 3.05) is 16.0 Å². The molecule has 3 aromatic carbocycles. The third-order valence-corrected chi connectivity index (χ3v) is 3.70. The summed E-state index contributed by atoms with van der Waals surface area (Å²) in [4.78, 5) is 24.1. The maximum atomic E-state index is 13.2. The lowest BCUT2D eigenvalue weighted by atomic mass is 10.2. The Hall–Kier alpha value is -3.93. The van der Waals surface area contributed by atoms with Gasteiger partial charge in [-0.2, -0.15) is 0 Å². The molecule has 3 N–H and O–H groups in total. The lowest BCUT2D eigenvalue weighted by Gasteiger charge is -2.09. The smallest absolute Gasteiger partial charge is 0.322 e. The number of carbonyl (C=O) groups excluding carboxylic acids is 2. The first-order valence-electron chi connectivity index (χ1n) is 8.56. The second-order valence-electron chi connectivity index (χ2n) is 5.90. The zero-order chi connectivity index (χ0) is 19.8. The van der Waals surface area contributed by atoms with Crippen LogP contribution in [0.15, 0.2) is 84.9 Å². The molecule has 0 heterocycles. The van der Waals surface area contributed by atoms with E-state index in [-0.39, 0.29) is 17.8 Å². The van der Waals surface area contributed by atoms with Gasteiger partial charge in [-0.05, 0) is 54.1 Å². The molecule has 0 radical (unpaired) electrons. The van der Waals surface area contributed by atoms with Gasteiger partial charge in [-0.25, -0.2) is 9.18 Å². The fourth-order valence-corrected chi connectivity index (χ4v) is 2.46. The van der Waals surface area contributed by atoms with Crippen LogP contribution in [0.3, 0.4) is 0 Å². The van der Waals surface area contributed by atoms with E-state index in [0.29, 0.717) is 22.6 Å². The minimum Gasteiger partial charge on any atom is -0.322 e. The van der Waals surface area contributed by atoms with Gasteiger partial charge < -0.3 is 16.0 Å². The topological polar surface area (TPSA) is 70.2 Å². The lowest BCUT2D eigenvalue weighted by Crippen LogP contribution is -2.19. The predicted octanol–water partition coefficient (Wildman–Crippen LogP) is 5.12. The Labute approximate surface area is 161 Å². The molecule has 0 bridgehead atoms. The average Bonchev–Trinajstić information content (AvgIpc) is 2.67. The second kappa shape index (κ2) is 9.14. The van der Waals surface area contributed by atoms with E-state index in [9.17, 15) is 14.0 Å². The van der Waals surface area contributed by atoms with E-state index in [0.717, 1.165) is 0 Å². The summed E-state index contributed by atoms with van der Waals surface area (Å²) >= 11 is 0. The summed E-state index contributed by atoms with van der Waals surface area (Å²) < 4.78 is 13.2. The molecule has 5 nitrogen and oxygen atoms in total. The Kier molecular flexibility index (Phi) is 6.15. The van der Waals surface area contributed by atoms with Crippen LogP contribution in [-0.4, -0.2) is 11.9 Å². The Morgan fingerprint density at radius 3 is 2.11 bits per heavy atom. The largest absolute Gasteiger partial charge is 0.323 e. The van der Waals surface area contributed by atoms with Gasteiger partial charge in [0.25, 0.3) is 0 Å². The van der Waals surface area contributed by atoms with Crippen molar-refractivity contribution in [2.24, 2.45) is 0 Å². The number of hydrogen-bond acceptors (Lipinski definition) is 2. The molecular weight excluding hydrogens is 357 g/mol. The zero-order valence-electron chi connectivity index (χ0n) is 14.9. The SMILES string of the molecule is O=C(/C=C/c1cccc(F)c1)Nc1cccc(NC(=O)Nc2ccccc2)c1. The molecule has 3 amide bonds. The summed E-state index contributed by atoms with van der Waals surface area (Å²) in [7, 11) is 0. The molecular formula is C22H18FN3O2. The van der Waals surface area contributed by atoms with E-state index in [1.54, 1.807) is 48.5 Å². The fourth-order valence-electron chi connectivity index (χ4n) is 2.46. The van der Waals surface area contributed by atoms with Crippen molar-refractivity contribution in [3.8, 4) is 0 Å². The summed E-state index contributed by atoms with van der Waals surface area (Å²) in [5.41, 5.74) is 2.31. The standard InChI is InChI=1S/C22H18FN3O2/c23-17-7-4-6-16(14-17)12-13-21(27)24-19-10-5-11-20(15-19)26-22(28)25-18-8-2-1-3-9-18/h1-15H,(H,24,27)(H2,25,26,28)/b13-12+. The van der Waals surface area contributed by atoms with Crippen molar-refractivity contribution in [1.82, 2.24) is 0 Å². The van der Waals surface area contributed by atoms with Crippen LogP contribution in [0, 0.1) is 5.82 Å². The van der Waals surface area contributed by atoms with Gasteiger partial charge in [0, 0.05) is 23.1 Å². The van der Waals surface area contributed by atoms with Crippen molar-refractivity contribution in [3.05, 3.63) is 96.3 Å². The van der Waals surface area contributed by atoms with Crippen LogP contribution in [0.2, 0.25) is 0 Å². The maximum Gasteiger partial charge on any atom is 0.323 e. The van der Waals surface area contributed by atoms with Gasteiger partial charge in [0.05, 0.1) is 0 Å². The minimum atomic E-state index is -0.388. The summed E-state index contributed by atoms with van der Waals surface area (Å²) in [6.45, 7) is 0. The number of rotatable bonds is 5. The monoisotopic (exact) mass is 375 g/mol. The number of carbonyl (C=O) groups is 2. The number of anilines is 3. The van der Waals surface area contributed by atoms with Gasteiger partial charge in [0.2, 0.25) is 5.91 Å². The van der Waals surface area contributed by atoms with Crippen LogP contribution < -0.4 is 16.0 Å². The number of hydrogen-bond donors (Lipinski definition) is 3. The number of para-hydroxylation sites is 1. The summed E-state index contributed by atoms with van der Waals surface area (Å²) in [6, 6.07) is 21.4. The van der Waals surface area contributed by atoms with Gasteiger partial charge in [0.1, 0.15) is 5.82 Å². The highest BCUT2D eigenvalue weighted by atomic mass is 19.1. The highest BCUT2D eigenvalue weighted by molar-refractivity contribution is 6.03. The first-order valence-corrected chi connectivity index (χ1v) is 8.56. The van der Waals surface area contributed by atoms with E-state index in [2.05, 4.69) is 16.0 Å². The molecule has 0 aromatic heterocycles. The fraction of sp³-hybridized carbons (Fsp3) is 0. The molecule has 0 saturated heterocycles. The molecule has 0 fully saturated rings. The first kappa shape index (κ1) is 18.8. The minimum absolute atomic E-state index is 0.366. The first-order chi connectivity index (χ1) is 13.6. The highest BCUT2D eigenvalue weighted by Crippen LogP contribution is 2.16. The number of halogens is 1. The average molecular weight is 375 g/mol. The Bertz CT molecular complexity index is 1000. The van der Waals surface area contributed by atoms with Crippen LogP contribution in [0.4, 0.5) is 26.2 Å². The molecule has 0 unspecified atom stereocenters. The molecule has 28 heavy (non-hydrogen) atoms. The van der Waals surface area contributed by atoms with E-state index in [1.165, 1.54) is 24.3 Å². The second-order valence-corrected chi connectivity index (χ2v) is 5.90. The van der Waals surface area contributed by atoms with Crippen molar-refractivity contribution < 1.29 is 14.0 Å². The number of benzene rings is 3. The van der Waals surface area contributed by atoms with Crippen molar-refractivity contribution in [1.29, 1.82) is 0 Å². The van der Waals surface area contributed by atoms with Crippen molar-refractivity contribution in [2.45, 2.75) is 0 Å². The third kappa shape index (κ3) is 5.81. The number of urea groups is 1. The van der Waals surface area contributed by atoms with Crippen molar-refractivity contribution in [3.63, 3.8) is 0 Å². The van der Waals surface area contributed by atoms with E-state index in [1.807, 2.05) is 18.2 Å². The molecule has 0 atom stereocenters. The molecule has 0 aliphatic rings. The van der Waals surface area contributed by atoms with Gasteiger partial charge in [-0.15, -0.1) is 0 Å². The Morgan fingerprint density at radius 1 is 0.714 bits per heavy atom. The van der Waals surface area contributed by atoms with Gasteiger partial charge in [-0.3, -0.25) is 4.79 Å². The lowest BCUT2D eigenvalue weighted by molar-refractivity contribution is -0.111. The van der Waals surface area contributed by atoms with E-state index >= 15 is 0 Å². The van der Waals surface area contributed by atoms with Crippen LogP contribution in [0.1, 0.15) is 5.56 Å². The number of nitrogens with one attached hydrogen (secondary N) is 3. The van der Waals surface area contributed by atoms with Gasteiger partial charge in [-0.1, -0.05) is 36.4 Å². The molecule has 0 saturated carbocycles.